The van der Waals surface area contributed by atoms with Crippen LogP contribution in [-0.4, -0.2) is 42.6 Å². The van der Waals surface area contributed by atoms with Crippen molar-refractivity contribution in [3.8, 4) is 0 Å². The van der Waals surface area contributed by atoms with Gasteiger partial charge < -0.3 is 20.9 Å². The smallest absolute Gasteiger partial charge is 0.326 e. The maximum absolute atomic E-state index is 11.9. The number of hydrogen-bond donors (Lipinski definition) is 3. The normalized spacial score (nSPS) is 13.6. The number of hydrogen-bond acceptors (Lipinski definition) is 5. The number of rotatable bonds is 10. The number of amides is 1. The molecule has 0 bridgehead atoms. The fourth-order valence-electron chi connectivity index (χ4n) is 2.07. The van der Waals surface area contributed by atoms with E-state index in [2.05, 4.69) is 10.1 Å². The predicted molar refractivity (Wildman–Crippen MR) is 77.4 cm³/mol. The average Bonchev–Trinajstić information content (AvgIpc) is 2.41. The van der Waals surface area contributed by atoms with E-state index in [9.17, 15) is 14.4 Å². The maximum atomic E-state index is 11.9. The molecule has 0 aliphatic carbocycles. The van der Waals surface area contributed by atoms with Gasteiger partial charge in [0.2, 0.25) is 5.91 Å². The van der Waals surface area contributed by atoms with Crippen LogP contribution in [0.15, 0.2) is 0 Å². The summed E-state index contributed by atoms with van der Waals surface area (Å²) in [5, 5.41) is 11.5. The first kappa shape index (κ1) is 19.4. The predicted octanol–water partition coefficient (Wildman–Crippen LogP) is 0.520. The van der Waals surface area contributed by atoms with Gasteiger partial charge in [-0.2, -0.15) is 0 Å². The van der Waals surface area contributed by atoms with Crippen LogP contribution in [0.1, 0.15) is 39.5 Å². The van der Waals surface area contributed by atoms with Crippen molar-refractivity contribution in [1.29, 1.82) is 0 Å². The van der Waals surface area contributed by atoms with Crippen LogP contribution in [-0.2, 0) is 19.1 Å². The molecule has 4 N–H and O–H groups in total. The van der Waals surface area contributed by atoms with Crippen LogP contribution in [0.5, 0.6) is 0 Å². The number of aliphatic carboxylic acids is 1. The molecule has 7 heteroatoms. The van der Waals surface area contributed by atoms with E-state index in [1.165, 1.54) is 7.11 Å². The average molecular weight is 302 g/mol. The molecule has 0 aromatic carbocycles. The first-order valence-corrected chi connectivity index (χ1v) is 7.09. The molecule has 0 fully saturated rings. The third-order valence-electron chi connectivity index (χ3n) is 3.11. The molecule has 0 radical (unpaired) electrons. The Bertz CT molecular complexity index is 357. The molecule has 0 aliphatic heterocycles. The summed E-state index contributed by atoms with van der Waals surface area (Å²) >= 11 is 0. The van der Waals surface area contributed by atoms with Crippen LogP contribution in [0.25, 0.3) is 0 Å². The van der Waals surface area contributed by atoms with Crippen LogP contribution in [0, 0.1) is 11.8 Å². The van der Waals surface area contributed by atoms with E-state index in [4.69, 9.17) is 10.8 Å². The topological polar surface area (TPSA) is 119 Å². The van der Waals surface area contributed by atoms with Crippen molar-refractivity contribution in [2.45, 2.75) is 45.6 Å². The number of ether oxygens (including phenoxy) is 1. The molecule has 0 aromatic heterocycles. The van der Waals surface area contributed by atoms with E-state index in [-0.39, 0.29) is 31.1 Å². The highest BCUT2D eigenvalue weighted by Gasteiger charge is 2.22. The molecule has 0 aromatic rings. The molecule has 0 aliphatic rings. The minimum atomic E-state index is -1.17. The van der Waals surface area contributed by atoms with Gasteiger partial charge in [0.15, 0.2) is 0 Å². The molecule has 7 nitrogen and oxygen atoms in total. The Kier molecular flexibility index (Phi) is 9.36. The highest BCUT2D eigenvalue weighted by atomic mass is 16.5. The van der Waals surface area contributed by atoms with Gasteiger partial charge in [0.05, 0.1) is 7.11 Å². The fourth-order valence-corrected chi connectivity index (χ4v) is 2.07. The number of carbonyl (C=O) groups is 3. The van der Waals surface area contributed by atoms with Gasteiger partial charge in [0, 0.05) is 12.8 Å². The summed E-state index contributed by atoms with van der Waals surface area (Å²) < 4.78 is 4.45. The fraction of sp³-hybridized carbons (Fsp3) is 0.786. The Morgan fingerprint density at radius 3 is 2.33 bits per heavy atom. The van der Waals surface area contributed by atoms with E-state index in [0.29, 0.717) is 12.5 Å². The monoisotopic (exact) mass is 302 g/mol. The second-order valence-electron chi connectivity index (χ2n) is 5.51. The summed E-state index contributed by atoms with van der Waals surface area (Å²) in [5.74, 6) is -1.58. The second kappa shape index (κ2) is 10.1. The largest absolute Gasteiger partial charge is 0.480 e. The summed E-state index contributed by atoms with van der Waals surface area (Å²) in [7, 11) is 1.23. The molecule has 0 heterocycles. The molecule has 0 saturated carbocycles. The standard InChI is InChI=1S/C14H26N2O5/c1-9(2)6-10(8-15)7-12(17)16-11(14(19)20)4-5-13(18)21-3/h9-11H,4-8,15H2,1-3H3,(H,16,17)(H,19,20). The molecule has 0 spiro atoms. The van der Waals surface area contributed by atoms with Gasteiger partial charge in [-0.25, -0.2) is 4.79 Å². The van der Waals surface area contributed by atoms with Gasteiger partial charge in [-0.1, -0.05) is 13.8 Å². The van der Waals surface area contributed by atoms with Gasteiger partial charge in [-0.3, -0.25) is 9.59 Å². The number of nitrogens with one attached hydrogen (secondary N) is 1. The van der Waals surface area contributed by atoms with Crippen molar-refractivity contribution in [2.24, 2.45) is 17.6 Å². The molecule has 122 valence electrons. The molecule has 2 atom stereocenters. The first-order valence-electron chi connectivity index (χ1n) is 7.09. The Morgan fingerprint density at radius 2 is 1.90 bits per heavy atom. The summed E-state index contributed by atoms with van der Waals surface area (Å²) in [6, 6.07) is -1.09. The minimum absolute atomic E-state index is 0.00518. The molecule has 21 heavy (non-hydrogen) atoms. The third kappa shape index (κ3) is 9.01. The maximum Gasteiger partial charge on any atom is 0.326 e. The quantitative estimate of drug-likeness (QED) is 0.506. The van der Waals surface area contributed by atoms with Crippen LogP contribution in [0.4, 0.5) is 0 Å². The Morgan fingerprint density at radius 1 is 1.29 bits per heavy atom. The molecule has 0 saturated heterocycles. The summed E-state index contributed by atoms with van der Waals surface area (Å²) in [5.41, 5.74) is 5.62. The molecule has 2 unspecified atom stereocenters. The first-order chi connectivity index (χ1) is 9.79. The summed E-state index contributed by atoms with van der Waals surface area (Å²) in [6.45, 7) is 4.46. The zero-order chi connectivity index (χ0) is 16.4. The number of methoxy groups -OCH3 is 1. The van der Waals surface area contributed by atoms with Crippen molar-refractivity contribution in [2.75, 3.05) is 13.7 Å². The Labute approximate surface area is 125 Å². The van der Waals surface area contributed by atoms with Crippen molar-refractivity contribution < 1.29 is 24.2 Å². The van der Waals surface area contributed by atoms with Gasteiger partial charge in [0.25, 0.3) is 0 Å². The molecule has 0 rings (SSSR count). The number of carboxylic acid groups (broad SMARTS) is 1. The van der Waals surface area contributed by atoms with Crippen LogP contribution in [0.2, 0.25) is 0 Å². The number of esters is 1. The Balaban J connectivity index is 4.39. The lowest BCUT2D eigenvalue weighted by Gasteiger charge is -2.19. The van der Waals surface area contributed by atoms with Crippen LogP contribution in [0.3, 0.4) is 0 Å². The molecular weight excluding hydrogens is 276 g/mol. The van der Waals surface area contributed by atoms with E-state index in [0.717, 1.165) is 6.42 Å². The van der Waals surface area contributed by atoms with Crippen LogP contribution < -0.4 is 11.1 Å². The van der Waals surface area contributed by atoms with E-state index < -0.39 is 18.0 Å². The van der Waals surface area contributed by atoms with Crippen molar-refractivity contribution in [3.05, 3.63) is 0 Å². The van der Waals surface area contributed by atoms with Crippen LogP contribution >= 0.6 is 0 Å². The summed E-state index contributed by atoms with van der Waals surface area (Å²) in [6.07, 6.45) is 0.950. The highest BCUT2D eigenvalue weighted by molar-refractivity contribution is 5.84. The van der Waals surface area contributed by atoms with E-state index in [1.54, 1.807) is 0 Å². The second-order valence-corrected chi connectivity index (χ2v) is 5.51. The lowest BCUT2D eigenvalue weighted by molar-refractivity contribution is -0.144. The Hall–Kier alpha value is -1.63. The lowest BCUT2D eigenvalue weighted by Crippen LogP contribution is -2.42. The van der Waals surface area contributed by atoms with Crippen molar-refractivity contribution >= 4 is 17.8 Å². The number of carboxylic acids is 1. The van der Waals surface area contributed by atoms with Gasteiger partial charge in [-0.15, -0.1) is 0 Å². The SMILES string of the molecule is COC(=O)CCC(NC(=O)CC(CN)CC(C)C)C(=O)O. The number of carbonyl (C=O) groups excluding carboxylic acids is 2. The van der Waals surface area contributed by atoms with Crippen molar-refractivity contribution in [3.63, 3.8) is 0 Å². The minimum Gasteiger partial charge on any atom is -0.480 e. The van der Waals surface area contributed by atoms with Gasteiger partial charge in [-0.05, 0) is 31.2 Å². The van der Waals surface area contributed by atoms with Crippen molar-refractivity contribution in [1.82, 2.24) is 5.32 Å². The highest BCUT2D eigenvalue weighted by Crippen LogP contribution is 2.14. The molecular formula is C14H26N2O5. The zero-order valence-corrected chi connectivity index (χ0v) is 12.9. The van der Waals surface area contributed by atoms with Gasteiger partial charge >= 0.3 is 11.9 Å². The molecule has 1 amide bonds. The van der Waals surface area contributed by atoms with E-state index in [1.807, 2.05) is 13.8 Å². The van der Waals surface area contributed by atoms with Gasteiger partial charge in [0.1, 0.15) is 6.04 Å². The number of nitrogens with two attached hydrogens (primary N) is 1. The lowest BCUT2D eigenvalue weighted by atomic mass is 9.94. The zero-order valence-electron chi connectivity index (χ0n) is 12.9. The summed E-state index contributed by atoms with van der Waals surface area (Å²) in [4.78, 5) is 34.0. The van der Waals surface area contributed by atoms with E-state index >= 15 is 0 Å². The third-order valence-corrected chi connectivity index (χ3v) is 3.11.